The van der Waals surface area contributed by atoms with Crippen molar-refractivity contribution in [2.45, 2.75) is 118 Å². The minimum Gasteiger partial charge on any atom is -0.508 e. The topological polar surface area (TPSA) is 29.5 Å². The Labute approximate surface area is 203 Å². The number of phenolic OH excluding ortho intramolecular Hbond substituents is 1. The summed E-state index contributed by atoms with van der Waals surface area (Å²) in [6, 6.07) is 8.90. The van der Waals surface area contributed by atoms with Crippen LogP contribution in [-0.2, 0) is 10.8 Å². The number of ether oxygens (including phenoxy) is 1. The number of aryl methyl sites for hydroxylation is 2. The van der Waals surface area contributed by atoms with E-state index in [0.29, 0.717) is 11.7 Å². The first-order valence-electron chi connectivity index (χ1n) is 12.9. The van der Waals surface area contributed by atoms with E-state index in [0.717, 1.165) is 42.7 Å². The maximum atomic E-state index is 10.7. The molecule has 2 heteroatoms. The van der Waals surface area contributed by atoms with Crippen LogP contribution in [0.5, 0.6) is 11.5 Å². The Bertz CT molecular complexity index is 925. The number of phenols is 1. The first-order chi connectivity index (χ1) is 15.3. The minimum atomic E-state index is -0.106. The molecule has 0 fully saturated rings. The molecule has 0 spiro atoms. The van der Waals surface area contributed by atoms with Gasteiger partial charge in [0, 0.05) is 5.92 Å². The lowest BCUT2D eigenvalue weighted by atomic mass is 9.76. The molecule has 2 aromatic carbocycles. The highest BCUT2D eigenvalue weighted by atomic mass is 16.5. The van der Waals surface area contributed by atoms with Crippen molar-refractivity contribution in [3.8, 4) is 11.5 Å². The van der Waals surface area contributed by atoms with Gasteiger partial charge in [0.25, 0.3) is 0 Å². The number of rotatable bonds is 9. The third-order valence-corrected chi connectivity index (χ3v) is 6.70. The first-order valence-corrected chi connectivity index (χ1v) is 12.9. The molecule has 33 heavy (non-hydrogen) atoms. The summed E-state index contributed by atoms with van der Waals surface area (Å²) < 4.78 is 6.32. The third-order valence-electron chi connectivity index (χ3n) is 6.70. The molecule has 184 valence electrons. The summed E-state index contributed by atoms with van der Waals surface area (Å²) in [6.07, 6.45) is 5.69. The van der Waals surface area contributed by atoms with Crippen LogP contribution in [0.15, 0.2) is 24.3 Å². The van der Waals surface area contributed by atoms with E-state index < -0.39 is 0 Å². The quantitative estimate of drug-likeness (QED) is 0.384. The van der Waals surface area contributed by atoms with Crippen LogP contribution < -0.4 is 4.74 Å². The van der Waals surface area contributed by atoms with Crippen molar-refractivity contribution in [3.63, 3.8) is 0 Å². The summed E-state index contributed by atoms with van der Waals surface area (Å²) in [5.74, 6) is 1.74. The van der Waals surface area contributed by atoms with Crippen molar-refractivity contribution in [1.29, 1.82) is 0 Å². The van der Waals surface area contributed by atoms with Crippen molar-refractivity contribution in [3.05, 3.63) is 57.6 Å². The van der Waals surface area contributed by atoms with Crippen molar-refractivity contribution in [2.75, 3.05) is 6.61 Å². The highest BCUT2D eigenvalue weighted by Gasteiger charge is 2.27. The van der Waals surface area contributed by atoms with E-state index in [1.807, 2.05) is 6.07 Å². The number of benzene rings is 2. The van der Waals surface area contributed by atoms with Crippen LogP contribution >= 0.6 is 0 Å². The largest absolute Gasteiger partial charge is 0.508 e. The Kier molecular flexibility index (Phi) is 9.08. The molecule has 0 aromatic heterocycles. The predicted octanol–water partition coefficient (Wildman–Crippen LogP) is 9.11. The van der Waals surface area contributed by atoms with E-state index in [9.17, 15) is 5.11 Å². The highest BCUT2D eigenvalue weighted by Crippen LogP contribution is 2.42. The lowest BCUT2D eigenvalue weighted by Gasteiger charge is -2.29. The predicted molar refractivity (Wildman–Crippen MR) is 143 cm³/mol. The maximum absolute atomic E-state index is 10.7. The normalized spacial score (nSPS) is 13.3. The second-order valence-corrected chi connectivity index (χ2v) is 11.8. The zero-order valence-corrected chi connectivity index (χ0v) is 23.0. The van der Waals surface area contributed by atoms with Crippen LogP contribution in [-0.4, -0.2) is 11.7 Å². The van der Waals surface area contributed by atoms with Gasteiger partial charge in [-0.15, -0.1) is 0 Å². The van der Waals surface area contributed by atoms with E-state index in [2.05, 4.69) is 87.4 Å². The fourth-order valence-corrected chi connectivity index (χ4v) is 4.77. The molecular formula is C31H48O2. The van der Waals surface area contributed by atoms with Gasteiger partial charge in [-0.05, 0) is 83.0 Å². The first kappa shape index (κ1) is 27.3. The summed E-state index contributed by atoms with van der Waals surface area (Å²) in [4.78, 5) is 0. The van der Waals surface area contributed by atoms with Crippen LogP contribution in [0.1, 0.15) is 127 Å². The van der Waals surface area contributed by atoms with Crippen LogP contribution in [0.25, 0.3) is 0 Å². The van der Waals surface area contributed by atoms with Gasteiger partial charge < -0.3 is 9.84 Å². The molecule has 0 amide bonds. The van der Waals surface area contributed by atoms with Gasteiger partial charge in [0.15, 0.2) is 0 Å². The number of hydrogen-bond donors (Lipinski definition) is 1. The summed E-state index contributed by atoms with van der Waals surface area (Å²) >= 11 is 0. The van der Waals surface area contributed by atoms with Gasteiger partial charge in [-0.3, -0.25) is 0 Å². The molecule has 0 saturated heterocycles. The van der Waals surface area contributed by atoms with Crippen molar-refractivity contribution in [2.24, 2.45) is 0 Å². The molecule has 1 N–H and O–H groups in total. The summed E-state index contributed by atoms with van der Waals surface area (Å²) in [7, 11) is 0. The second kappa shape index (κ2) is 11.0. The monoisotopic (exact) mass is 452 g/mol. The smallest absolute Gasteiger partial charge is 0.123 e. The van der Waals surface area contributed by atoms with Crippen molar-refractivity contribution in [1.82, 2.24) is 0 Å². The molecule has 1 atom stereocenters. The van der Waals surface area contributed by atoms with E-state index >= 15 is 0 Å². The molecule has 2 aromatic rings. The Morgan fingerprint density at radius 3 is 1.82 bits per heavy atom. The van der Waals surface area contributed by atoms with E-state index in [4.69, 9.17) is 4.74 Å². The van der Waals surface area contributed by atoms with E-state index in [1.54, 1.807) is 0 Å². The molecule has 0 saturated carbocycles. The van der Waals surface area contributed by atoms with Gasteiger partial charge in [0.05, 0.1) is 6.61 Å². The fraction of sp³-hybridized carbons (Fsp3) is 0.613. The third kappa shape index (κ3) is 6.78. The average Bonchev–Trinajstić information content (AvgIpc) is 2.68. The Morgan fingerprint density at radius 1 is 0.758 bits per heavy atom. The molecule has 0 radical (unpaired) electrons. The van der Waals surface area contributed by atoms with Crippen molar-refractivity contribution >= 4 is 0 Å². The van der Waals surface area contributed by atoms with Crippen LogP contribution in [0, 0.1) is 13.8 Å². The minimum absolute atomic E-state index is 0.000124. The molecule has 0 aliphatic carbocycles. The average molecular weight is 453 g/mol. The number of unbranched alkanes of at least 4 members (excludes halogenated alkanes) is 2. The van der Waals surface area contributed by atoms with Gasteiger partial charge in [-0.2, -0.15) is 0 Å². The molecule has 1 unspecified atom stereocenters. The second-order valence-electron chi connectivity index (χ2n) is 11.8. The Morgan fingerprint density at radius 2 is 1.30 bits per heavy atom. The van der Waals surface area contributed by atoms with Crippen LogP contribution in [0.2, 0.25) is 0 Å². The molecule has 2 rings (SSSR count). The van der Waals surface area contributed by atoms with Gasteiger partial charge in [-0.1, -0.05) is 86.8 Å². The lowest BCUT2D eigenvalue weighted by molar-refractivity contribution is 0.298. The summed E-state index contributed by atoms with van der Waals surface area (Å²) in [5.41, 5.74) is 7.37. The molecule has 2 nitrogen and oxygen atoms in total. The SMILES string of the molecule is CCCCCOc1cc(C)c(C(CCC)c2cc(C(C)(C)C)c(O)cc2C)cc1C(C)(C)C. The molecule has 0 bridgehead atoms. The molecule has 0 aliphatic rings. The molecule has 0 heterocycles. The number of aromatic hydroxyl groups is 1. The maximum Gasteiger partial charge on any atom is 0.123 e. The van der Waals surface area contributed by atoms with E-state index in [-0.39, 0.29) is 10.8 Å². The van der Waals surface area contributed by atoms with Gasteiger partial charge in [0.1, 0.15) is 11.5 Å². The lowest BCUT2D eigenvalue weighted by Crippen LogP contribution is -2.17. The van der Waals surface area contributed by atoms with E-state index in [1.165, 1.54) is 35.1 Å². The zero-order chi connectivity index (χ0) is 25.0. The van der Waals surface area contributed by atoms with Crippen molar-refractivity contribution < 1.29 is 9.84 Å². The fourth-order valence-electron chi connectivity index (χ4n) is 4.77. The number of hydrogen-bond acceptors (Lipinski definition) is 2. The Balaban J connectivity index is 2.64. The zero-order valence-electron chi connectivity index (χ0n) is 23.0. The standard InChI is InChI=1S/C31H48O2/c1-11-13-14-16-33-29-18-22(4)25(20-27(29)31(8,9)10)23(15-12-2)24-19-26(30(5,6)7)28(32)17-21(24)3/h17-20,23,32H,11-16H2,1-10H3. The highest BCUT2D eigenvalue weighted by molar-refractivity contribution is 5.53. The van der Waals surface area contributed by atoms with Crippen LogP contribution in [0.3, 0.4) is 0 Å². The molecular weight excluding hydrogens is 404 g/mol. The molecule has 0 aliphatic heterocycles. The Hall–Kier alpha value is -1.96. The van der Waals surface area contributed by atoms with Gasteiger partial charge >= 0.3 is 0 Å². The van der Waals surface area contributed by atoms with Gasteiger partial charge in [-0.25, -0.2) is 0 Å². The van der Waals surface area contributed by atoms with Crippen LogP contribution in [0.4, 0.5) is 0 Å². The summed E-state index contributed by atoms with van der Waals surface area (Å²) in [5, 5.41) is 10.7. The summed E-state index contributed by atoms with van der Waals surface area (Å²) in [6.45, 7) is 23.0. The van der Waals surface area contributed by atoms with Gasteiger partial charge in [0.2, 0.25) is 0 Å².